The first-order chi connectivity index (χ1) is 11.7. The number of aromatic nitrogens is 2. The van der Waals surface area contributed by atoms with E-state index in [1.807, 2.05) is 56.3 Å². The zero-order valence-electron chi connectivity index (χ0n) is 13.7. The zero-order chi connectivity index (χ0) is 16.8. The maximum Gasteiger partial charge on any atom is 0.229 e. The molecule has 0 radical (unpaired) electrons. The Hall–Kier alpha value is -3.02. The molecule has 0 aliphatic rings. The number of aryl methyl sites for hydroxylation is 1. The largest absolute Gasteiger partial charge is 0.492 e. The molecule has 124 valence electrons. The van der Waals surface area contributed by atoms with E-state index in [-0.39, 0.29) is 0 Å². The van der Waals surface area contributed by atoms with Gasteiger partial charge in [0.1, 0.15) is 17.3 Å². The predicted molar refractivity (Wildman–Crippen MR) is 93.7 cm³/mol. The van der Waals surface area contributed by atoms with Crippen molar-refractivity contribution >= 4 is 17.5 Å². The van der Waals surface area contributed by atoms with Gasteiger partial charge in [0.2, 0.25) is 5.95 Å². The Morgan fingerprint density at radius 2 is 2.00 bits per heavy atom. The van der Waals surface area contributed by atoms with E-state index in [0.29, 0.717) is 19.1 Å². The number of ether oxygens (including phenoxy) is 1. The first-order valence-corrected chi connectivity index (χ1v) is 7.85. The second kappa shape index (κ2) is 7.50. The maximum absolute atomic E-state index is 5.62. The number of hydrogen-bond donors (Lipinski definition) is 2. The summed E-state index contributed by atoms with van der Waals surface area (Å²) in [4.78, 5) is 8.93. The van der Waals surface area contributed by atoms with Crippen LogP contribution in [-0.4, -0.2) is 16.6 Å². The third-order valence-electron chi connectivity index (χ3n) is 3.31. The number of rotatable bonds is 7. The Morgan fingerprint density at radius 3 is 2.79 bits per heavy atom. The summed E-state index contributed by atoms with van der Waals surface area (Å²) in [5.74, 6) is 2.87. The number of para-hydroxylation sites is 2. The van der Waals surface area contributed by atoms with E-state index in [1.165, 1.54) is 0 Å². The average Bonchev–Trinajstić information content (AvgIpc) is 3.08. The van der Waals surface area contributed by atoms with Crippen LogP contribution >= 0.6 is 0 Å². The predicted octanol–water partition coefficient (Wildman–Crippen LogP) is 4.13. The molecule has 0 amide bonds. The lowest BCUT2D eigenvalue weighted by Gasteiger charge is -2.12. The van der Waals surface area contributed by atoms with Crippen LogP contribution in [0.3, 0.4) is 0 Å². The van der Waals surface area contributed by atoms with Crippen molar-refractivity contribution in [2.24, 2.45) is 0 Å². The number of furan rings is 1. The number of hydrogen-bond acceptors (Lipinski definition) is 6. The number of nitrogens with one attached hydrogen (secondary N) is 2. The van der Waals surface area contributed by atoms with Crippen molar-refractivity contribution in [1.29, 1.82) is 0 Å². The molecule has 0 saturated carbocycles. The molecule has 2 aromatic heterocycles. The van der Waals surface area contributed by atoms with Crippen molar-refractivity contribution in [2.45, 2.75) is 20.4 Å². The fraction of sp³-hybridized carbons (Fsp3) is 0.222. The minimum atomic E-state index is 0.518. The third kappa shape index (κ3) is 4.04. The quantitative estimate of drug-likeness (QED) is 0.681. The van der Waals surface area contributed by atoms with Crippen molar-refractivity contribution in [3.05, 3.63) is 60.2 Å². The van der Waals surface area contributed by atoms with Gasteiger partial charge in [-0.25, -0.2) is 4.98 Å². The second-order valence-electron chi connectivity index (χ2n) is 5.21. The number of nitrogens with zero attached hydrogens (tertiary/aromatic N) is 2. The van der Waals surface area contributed by atoms with Gasteiger partial charge in [-0.1, -0.05) is 12.1 Å². The van der Waals surface area contributed by atoms with E-state index >= 15 is 0 Å². The number of anilines is 3. The lowest BCUT2D eigenvalue weighted by Crippen LogP contribution is -2.06. The standard InChI is InChI=1S/C18H20N4O2/c1-3-23-16-9-5-4-8-15(16)21-18-20-13(2)11-17(22-18)19-12-14-7-6-10-24-14/h4-11H,3,12H2,1-2H3,(H2,19,20,21,22). The molecule has 0 bridgehead atoms. The van der Waals surface area contributed by atoms with Crippen LogP contribution in [0.4, 0.5) is 17.5 Å². The van der Waals surface area contributed by atoms with Gasteiger partial charge in [0.05, 0.1) is 25.1 Å². The van der Waals surface area contributed by atoms with Gasteiger partial charge in [0.25, 0.3) is 0 Å². The minimum absolute atomic E-state index is 0.518. The van der Waals surface area contributed by atoms with E-state index in [4.69, 9.17) is 9.15 Å². The molecule has 1 aromatic carbocycles. The average molecular weight is 324 g/mol. The summed E-state index contributed by atoms with van der Waals surface area (Å²) in [6, 6.07) is 13.4. The molecule has 0 aliphatic carbocycles. The van der Waals surface area contributed by atoms with Gasteiger partial charge in [0, 0.05) is 11.8 Å². The van der Waals surface area contributed by atoms with E-state index in [9.17, 15) is 0 Å². The minimum Gasteiger partial charge on any atom is -0.492 e. The van der Waals surface area contributed by atoms with Crippen molar-refractivity contribution in [3.8, 4) is 5.75 Å². The Labute approximate surface area is 140 Å². The van der Waals surface area contributed by atoms with Gasteiger partial charge in [0.15, 0.2) is 0 Å². The summed E-state index contributed by atoms with van der Waals surface area (Å²) in [5.41, 5.74) is 1.70. The number of benzene rings is 1. The van der Waals surface area contributed by atoms with Crippen molar-refractivity contribution in [2.75, 3.05) is 17.2 Å². The molecule has 6 heteroatoms. The van der Waals surface area contributed by atoms with Gasteiger partial charge in [-0.05, 0) is 38.1 Å². The van der Waals surface area contributed by atoms with Crippen LogP contribution in [0.15, 0.2) is 53.1 Å². The summed E-state index contributed by atoms with van der Waals surface area (Å²) in [7, 11) is 0. The van der Waals surface area contributed by atoms with E-state index < -0.39 is 0 Å². The van der Waals surface area contributed by atoms with Crippen LogP contribution < -0.4 is 15.4 Å². The molecule has 3 rings (SSSR count). The van der Waals surface area contributed by atoms with Crippen LogP contribution in [0.25, 0.3) is 0 Å². The van der Waals surface area contributed by atoms with Crippen LogP contribution in [0, 0.1) is 6.92 Å². The molecule has 3 aromatic rings. The highest BCUT2D eigenvalue weighted by Crippen LogP contribution is 2.26. The molecule has 2 heterocycles. The third-order valence-corrected chi connectivity index (χ3v) is 3.31. The summed E-state index contributed by atoms with van der Waals surface area (Å²) >= 11 is 0. The van der Waals surface area contributed by atoms with Crippen LogP contribution in [0.5, 0.6) is 5.75 Å². The topological polar surface area (TPSA) is 72.2 Å². The molecule has 0 fully saturated rings. The highest BCUT2D eigenvalue weighted by molar-refractivity contribution is 5.63. The Bertz CT molecular complexity index is 787. The Morgan fingerprint density at radius 1 is 1.12 bits per heavy atom. The van der Waals surface area contributed by atoms with E-state index in [0.717, 1.165) is 28.7 Å². The molecular formula is C18H20N4O2. The summed E-state index contributed by atoms with van der Waals surface area (Å²) in [6.45, 7) is 5.05. The highest BCUT2D eigenvalue weighted by Gasteiger charge is 2.07. The Kier molecular flexibility index (Phi) is 4.96. The molecule has 6 nitrogen and oxygen atoms in total. The van der Waals surface area contributed by atoms with Gasteiger partial charge < -0.3 is 19.8 Å². The van der Waals surface area contributed by atoms with Crippen LogP contribution in [0.2, 0.25) is 0 Å². The van der Waals surface area contributed by atoms with E-state index in [1.54, 1.807) is 6.26 Å². The zero-order valence-corrected chi connectivity index (χ0v) is 13.7. The van der Waals surface area contributed by atoms with Crippen LogP contribution in [-0.2, 0) is 6.54 Å². The highest BCUT2D eigenvalue weighted by atomic mass is 16.5. The first-order valence-electron chi connectivity index (χ1n) is 7.85. The van der Waals surface area contributed by atoms with Crippen molar-refractivity contribution in [1.82, 2.24) is 9.97 Å². The molecule has 0 aliphatic heterocycles. The summed E-state index contributed by atoms with van der Waals surface area (Å²) in [6.07, 6.45) is 1.65. The molecule has 0 spiro atoms. The van der Waals surface area contributed by atoms with Crippen molar-refractivity contribution < 1.29 is 9.15 Å². The van der Waals surface area contributed by atoms with Gasteiger partial charge in [-0.15, -0.1) is 0 Å². The smallest absolute Gasteiger partial charge is 0.229 e. The normalized spacial score (nSPS) is 10.4. The first kappa shape index (κ1) is 15.9. The monoisotopic (exact) mass is 324 g/mol. The van der Waals surface area contributed by atoms with Crippen molar-refractivity contribution in [3.63, 3.8) is 0 Å². The van der Waals surface area contributed by atoms with Crippen LogP contribution in [0.1, 0.15) is 18.4 Å². The summed E-state index contributed by atoms with van der Waals surface area (Å²) in [5, 5.41) is 6.46. The summed E-state index contributed by atoms with van der Waals surface area (Å²) < 4.78 is 10.9. The lowest BCUT2D eigenvalue weighted by atomic mass is 10.3. The molecule has 0 saturated heterocycles. The van der Waals surface area contributed by atoms with Gasteiger partial charge >= 0.3 is 0 Å². The fourth-order valence-corrected chi connectivity index (χ4v) is 2.28. The van der Waals surface area contributed by atoms with Gasteiger partial charge in [-0.3, -0.25) is 0 Å². The SMILES string of the molecule is CCOc1ccccc1Nc1nc(C)cc(NCc2ccco2)n1. The molecule has 0 unspecified atom stereocenters. The van der Waals surface area contributed by atoms with Gasteiger partial charge in [-0.2, -0.15) is 4.98 Å². The molecule has 0 atom stereocenters. The Balaban J connectivity index is 1.76. The molecule has 24 heavy (non-hydrogen) atoms. The van der Waals surface area contributed by atoms with E-state index in [2.05, 4.69) is 20.6 Å². The fourth-order valence-electron chi connectivity index (χ4n) is 2.28. The second-order valence-corrected chi connectivity index (χ2v) is 5.21. The lowest BCUT2D eigenvalue weighted by molar-refractivity contribution is 0.342. The molecule has 2 N–H and O–H groups in total. The maximum atomic E-state index is 5.62. The molecular weight excluding hydrogens is 304 g/mol.